The molecule has 0 saturated carbocycles. The number of ether oxygens (including phenoxy) is 1. The lowest BCUT2D eigenvalue weighted by molar-refractivity contribution is -0.274. The summed E-state index contributed by atoms with van der Waals surface area (Å²) in [7, 11) is 0. The molecule has 0 spiro atoms. The third kappa shape index (κ3) is 5.13. The van der Waals surface area contributed by atoms with Crippen molar-refractivity contribution in [2.75, 3.05) is 18.0 Å². The van der Waals surface area contributed by atoms with Gasteiger partial charge >= 0.3 is 6.36 Å². The van der Waals surface area contributed by atoms with Crippen molar-refractivity contribution in [1.29, 1.82) is 0 Å². The normalized spacial score (nSPS) is 24.6. The molecule has 2 aliphatic rings. The van der Waals surface area contributed by atoms with Crippen LogP contribution in [0.4, 0.5) is 18.9 Å². The third-order valence-corrected chi connectivity index (χ3v) is 5.05. The van der Waals surface area contributed by atoms with Crippen LogP contribution in [-0.2, 0) is 9.63 Å². The van der Waals surface area contributed by atoms with Gasteiger partial charge in [-0.1, -0.05) is 0 Å². The monoisotopic (exact) mass is 386 g/mol. The number of carbonyl (C=O) groups is 1. The van der Waals surface area contributed by atoms with Crippen LogP contribution in [0.1, 0.15) is 39.5 Å². The van der Waals surface area contributed by atoms with Crippen molar-refractivity contribution < 1.29 is 27.5 Å². The lowest BCUT2D eigenvalue weighted by Crippen LogP contribution is -2.50. The Hall–Kier alpha value is -1.80. The van der Waals surface area contributed by atoms with E-state index in [-0.39, 0.29) is 29.7 Å². The molecule has 2 heterocycles. The highest BCUT2D eigenvalue weighted by molar-refractivity contribution is 5.75. The number of piperidine rings is 1. The molecule has 5 nitrogen and oxygen atoms in total. The molecule has 3 atom stereocenters. The second-order valence-corrected chi connectivity index (χ2v) is 7.26. The van der Waals surface area contributed by atoms with Crippen LogP contribution in [0.3, 0.4) is 0 Å². The fourth-order valence-corrected chi connectivity index (χ4v) is 4.11. The van der Waals surface area contributed by atoms with Gasteiger partial charge in [-0.05, 0) is 57.4 Å². The van der Waals surface area contributed by atoms with Gasteiger partial charge in [0.15, 0.2) is 0 Å². The number of benzene rings is 1. The Labute approximate surface area is 157 Å². The first-order valence-corrected chi connectivity index (χ1v) is 9.28. The average Bonchev–Trinajstić information content (AvgIpc) is 2.98. The van der Waals surface area contributed by atoms with Crippen LogP contribution in [-0.4, -0.2) is 48.5 Å². The number of rotatable bonds is 6. The maximum atomic E-state index is 12.3. The van der Waals surface area contributed by atoms with Gasteiger partial charge in [-0.3, -0.25) is 9.63 Å². The van der Waals surface area contributed by atoms with Crippen LogP contribution >= 0.6 is 0 Å². The second kappa shape index (κ2) is 8.06. The highest BCUT2D eigenvalue weighted by atomic mass is 19.4. The molecule has 0 aliphatic carbocycles. The Morgan fingerprint density at radius 1 is 1.19 bits per heavy atom. The first kappa shape index (κ1) is 19.9. The summed E-state index contributed by atoms with van der Waals surface area (Å²) in [5.41, 5.74) is 0.885. The number of ketones is 1. The summed E-state index contributed by atoms with van der Waals surface area (Å²) in [6, 6.07) is 6.50. The molecule has 2 aliphatic heterocycles. The van der Waals surface area contributed by atoms with Crippen molar-refractivity contribution in [2.24, 2.45) is 0 Å². The van der Waals surface area contributed by atoms with E-state index in [1.807, 2.05) is 12.0 Å². The van der Waals surface area contributed by atoms with E-state index in [2.05, 4.69) is 9.64 Å². The van der Waals surface area contributed by atoms with Gasteiger partial charge in [0.25, 0.3) is 0 Å². The number of hydrogen-bond acceptors (Lipinski definition) is 5. The van der Waals surface area contributed by atoms with Crippen molar-refractivity contribution in [3.8, 4) is 5.75 Å². The molecule has 8 heteroatoms. The number of anilines is 1. The van der Waals surface area contributed by atoms with Crippen LogP contribution in [0.2, 0.25) is 0 Å². The summed E-state index contributed by atoms with van der Waals surface area (Å²) in [5, 5.41) is 2.00. The van der Waals surface area contributed by atoms with Gasteiger partial charge < -0.3 is 9.64 Å². The van der Waals surface area contributed by atoms with Gasteiger partial charge in [-0.25, -0.2) is 0 Å². The summed E-state index contributed by atoms with van der Waals surface area (Å²) < 4.78 is 40.9. The van der Waals surface area contributed by atoms with Crippen LogP contribution in [0.15, 0.2) is 24.3 Å². The standard InChI is InChI=1S/C19H25F3N2O3/c1-13(25)12-14(2)27-24-10-3-4-17-18(24)9-11-23(17)15-5-7-16(8-6-15)26-19(20,21)22/h5-8,14,17-18H,3-4,9-12H2,1-2H3. The molecule has 0 N–H and O–H groups in total. The zero-order valence-electron chi connectivity index (χ0n) is 15.5. The summed E-state index contributed by atoms with van der Waals surface area (Å²) in [6.07, 6.45) is -1.56. The van der Waals surface area contributed by atoms with Crippen LogP contribution in [0, 0.1) is 0 Å². The number of hydrogen-bond donors (Lipinski definition) is 0. The minimum absolute atomic E-state index is 0.102. The van der Waals surface area contributed by atoms with Crippen molar-refractivity contribution in [2.45, 2.75) is 64.1 Å². The number of alkyl halides is 3. The number of hydroxylamine groups is 2. The summed E-state index contributed by atoms with van der Waals surface area (Å²) in [4.78, 5) is 19.5. The van der Waals surface area contributed by atoms with E-state index in [0.29, 0.717) is 6.42 Å². The predicted octanol–water partition coefficient (Wildman–Crippen LogP) is 3.93. The van der Waals surface area contributed by atoms with E-state index in [0.717, 1.165) is 38.0 Å². The molecule has 2 saturated heterocycles. The quantitative estimate of drug-likeness (QED) is 0.741. The highest BCUT2D eigenvalue weighted by Gasteiger charge is 2.41. The first-order chi connectivity index (χ1) is 12.7. The number of Topliss-reactive ketones (excluding diaryl/α,β-unsaturated/α-hetero) is 1. The fraction of sp³-hybridized carbons (Fsp3) is 0.632. The van der Waals surface area contributed by atoms with Gasteiger partial charge in [0.05, 0.1) is 12.1 Å². The lowest BCUT2D eigenvalue weighted by atomic mass is 9.98. The Balaban J connectivity index is 1.65. The van der Waals surface area contributed by atoms with Gasteiger partial charge in [0, 0.05) is 31.2 Å². The minimum Gasteiger partial charge on any atom is -0.406 e. The first-order valence-electron chi connectivity index (χ1n) is 9.28. The molecule has 27 heavy (non-hydrogen) atoms. The van der Waals surface area contributed by atoms with Gasteiger partial charge in [-0.2, -0.15) is 5.06 Å². The fourth-order valence-electron chi connectivity index (χ4n) is 4.11. The Morgan fingerprint density at radius 2 is 1.89 bits per heavy atom. The molecule has 0 amide bonds. The average molecular weight is 386 g/mol. The molecule has 1 aromatic rings. The molecule has 3 rings (SSSR count). The Morgan fingerprint density at radius 3 is 2.52 bits per heavy atom. The van der Waals surface area contributed by atoms with E-state index in [9.17, 15) is 18.0 Å². The SMILES string of the molecule is CC(=O)CC(C)ON1CCCC2C1CCN2c1ccc(OC(F)(F)F)cc1. The van der Waals surface area contributed by atoms with Crippen molar-refractivity contribution in [3.05, 3.63) is 24.3 Å². The van der Waals surface area contributed by atoms with Crippen molar-refractivity contribution >= 4 is 11.5 Å². The molecular formula is C19H25F3N2O3. The maximum absolute atomic E-state index is 12.3. The third-order valence-electron chi connectivity index (χ3n) is 5.05. The second-order valence-electron chi connectivity index (χ2n) is 7.26. The van der Waals surface area contributed by atoms with E-state index in [1.165, 1.54) is 12.1 Å². The van der Waals surface area contributed by atoms with Gasteiger partial charge in [-0.15, -0.1) is 13.2 Å². The molecule has 1 aromatic carbocycles. The Kier molecular flexibility index (Phi) is 5.95. The van der Waals surface area contributed by atoms with Crippen LogP contribution in [0.5, 0.6) is 5.75 Å². The summed E-state index contributed by atoms with van der Waals surface area (Å²) in [6.45, 7) is 5.10. The molecule has 0 bridgehead atoms. The smallest absolute Gasteiger partial charge is 0.406 e. The van der Waals surface area contributed by atoms with E-state index < -0.39 is 6.36 Å². The maximum Gasteiger partial charge on any atom is 0.573 e. The summed E-state index contributed by atoms with van der Waals surface area (Å²) >= 11 is 0. The van der Waals surface area contributed by atoms with Crippen molar-refractivity contribution in [3.63, 3.8) is 0 Å². The largest absolute Gasteiger partial charge is 0.573 e. The van der Waals surface area contributed by atoms with Gasteiger partial charge in [0.2, 0.25) is 0 Å². The number of nitrogens with zero attached hydrogens (tertiary/aromatic N) is 2. The molecule has 0 radical (unpaired) electrons. The lowest BCUT2D eigenvalue weighted by Gasteiger charge is -2.40. The predicted molar refractivity (Wildman–Crippen MR) is 94.4 cm³/mol. The molecule has 3 unspecified atom stereocenters. The molecule has 150 valence electrons. The molecular weight excluding hydrogens is 361 g/mol. The van der Waals surface area contributed by atoms with E-state index in [1.54, 1.807) is 19.1 Å². The van der Waals surface area contributed by atoms with E-state index >= 15 is 0 Å². The topological polar surface area (TPSA) is 42.0 Å². The zero-order chi connectivity index (χ0) is 19.6. The van der Waals surface area contributed by atoms with Crippen LogP contribution < -0.4 is 9.64 Å². The van der Waals surface area contributed by atoms with Crippen molar-refractivity contribution in [1.82, 2.24) is 5.06 Å². The number of halogens is 3. The molecule has 2 fully saturated rings. The number of fused-ring (bicyclic) bond motifs is 1. The highest BCUT2D eigenvalue weighted by Crippen LogP contribution is 2.36. The van der Waals surface area contributed by atoms with E-state index in [4.69, 9.17) is 4.84 Å². The molecule has 0 aromatic heterocycles. The summed E-state index contributed by atoms with van der Waals surface area (Å²) in [5.74, 6) is -0.112. The van der Waals surface area contributed by atoms with Gasteiger partial charge in [0.1, 0.15) is 11.5 Å². The van der Waals surface area contributed by atoms with Crippen LogP contribution in [0.25, 0.3) is 0 Å². The number of carbonyl (C=O) groups excluding carboxylic acids is 1. The zero-order valence-corrected chi connectivity index (χ0v) is 15.5. The minimum atomic E-state index is -4.68. The Bertz CT molecular complexity index is 651.